The SMILES string of the molecule is O=C(NCCc1ccc(Br)cc1)c1ccc(Oc2cc3c(cc2Cl)CCCO3)cc1. The van der Waals surface area contributed by atoms with E-state index in [1.807, 2.05) is 36.4 Å². The summed E-state index contributed by atoms with van der Waals surface area (Å²) >= 11 is 9.78. The Morgan fingerprint density at radius 1 is 1.10 bits per heavy atom. The van der Waals surface area contributed by atoms with Gasteiger partial charge in [-0.1, -0.05) is 39.7 Å². The third-order valence-electron chi connectivity index (χ3n) is 4.92. The number of hydrogen-bond acceptors (Lipinski definition) is 3. The third-order valence-corrected chi connectivity index (χ3v) is 5.74. The van der Waals surface area contributed by atoms with E-state index in [4.69, 9.17) is 21.1 Å². The van der Waals surface area contributed by atoms with Crippen molar-refractivity contribution < 1.29 is 14.3 Å². The van der Waals surface area contributed by atoms with E-state index < -0.39 is 0 Å². The van der Waals surface area contributed by atoms with Gasteiger partial charge in [-0.15, -0.1) is 0 Å². The molecule has 1 amide bonds. The molecule has 1 heterocycles. The van der Waals surface area contributed by atoms with E-state index in [1.165, 1.54) is 5.56 Å². The Morgan fingerprint density at radius 3 is 2.63 bits per heavy atom. The lowest BCUT2D eigenvalue weighted by Gasteiger charge is -2.19. The Bertz CT molecular complexity index is 1040. The van der Waals surface area contributed by atoms with E-state index in [2.05, 4.69) is 21.2 Å². The summed E-state index contributed by atoms with van der Waals surface area (Å²) in [6.45, 7) is 1.28. The number of nitrogens with one attached hydrogen (secondary N) is 1. The zero-order valence-corrected chi connectivity index (χ0v) is 18.6. The number of aryl methyl sites for hydroxylation is 1. The molecule has 0 atom stereocenters. The standard InChI is InChI=1S/C24H21BrClNO3/c25-19-7-3-16(4-8-19)11-12-27-24(28)17-5-9-20(10-6-17)30-23-15-22-18(14-21(23)26)2-1-13-29-22/h3-10,14-15H,1-2,11-13H2,(H,27,28). The van der Waals surface area contributed by atoms with Gasteiger partial charge in [-0.25, -0.2) is 0 Å². The Balaban J connectivity index is 1.34. The van der Waals surface area contributed by atoms with Crippen LogP contribution in [-0.2, 0) is 12.8 Å². The molecule has 3 aromatic carbocycles. The van der Waals surface area contributed by atoms with E-state index in [0.717, 1.165) is 35.0 Å². The summed E-state index contributed by atoms with van der Waals surface area (Å²) in [6, 6.07) is 18.8. The fraction of sp³-hybridized carbons (Fsp3) is 0.208. The fourth-order valence-electron chi connectivity index (χ4n) is 3.30. The molecule has 0 saturated carbocycles. The van der Waals surface area contributed by atoms with Crippen LogP contribution in [-0.4, -0.2) is 19.1 Å². The van der Waals surface area contributed by atoms with Crippen molar-refractivity contribution in [2.45, 2.75) is 19.3 Å². The van der Waals surface area contributed by atoms with Gasteiger partial charge in [-0.2, -0.15) is 0 Å². The Morgan fingerprint density at radius 2 is 1.87 bits per heavy atom. The molecule has 6 heteroatoms. The molecule has 0 aliphatic carbocycles. The highest BCUT2D eigenvalue weighted by molar-refractivity contribution is 9.10. The monoisotopic (exact) mass is 485 g/mol. The fourth-order valence-corrected chi connectivity index (χ4v) is 3.79. The van der Waals surface area contributed by atoms with Gasteiger partial charge in [0.25, 0.3) is 5.91 Å². The Labute approximate surface area is 189 Å². The van der Waals surface area contributed by atoms with Gasteiger partial charge in [0.05, 0.1) is 11.6 Å². The number of fused-ring (bicyclic) bond motifs is 1. The van der Waals surface area contributed by atoms with Crippen molar-refractivity contribution in [3.8, 4) is 17.2 Å². The minimum Gasteiger partial charge on any atom is -0.493 e. The number of carbonyl (C=O) groups is 1. The minimum atomic E-state index is -0.112. The van der Waals surface area contributed by atoms with Crippen LogP contribution in [0.2, 0.25) is 5.02 Å². The molecule has 0 saturated heterocycles. The first-order valence-corrected chi connectivity index (χ1v) is 11.0. The first-order chi connectivity index (χ1) is 14.6. The predicted molar refractivity (Wildman–Crippen MR) is 122 cm³/mol. The third kappa shape index (κ3) is 5.15. The number of amides is 1. The molecule has 1 aliphatic heterocycles. The molecule has 30 heavy (non-hydrogen) atoms. The largest absolute Gasteiger partial charge is 0.493 e. The van der Waals surface area contributed by atoms with Gasteiger partial charge in [0, 0.05) is 22.6 Å². The topological polar surface area (TPSA) is 47.6 Å². The van der Waals surface area contributed by atoms with Crippen molar-refractivity contribution in [3.05, 3.63) is 86.8 Å². The summed E-state index contributed by atoms with van der Waals surface area (Å²) in [7, 11) is 0. The quantitative estimate of drug-likeness (QED) is 0.452. The maximum absolute atomic E-state index is 12.4. The van der Waals surface area contributed by atoms with Gasteiger partial charge in [0.1, 0.15) is 17.2 Å². The molecule has 0 bridgehead atoms. The number of rotatable bonds is 6. The highest BCUT2D eigenvalue weighted by Gasteiger charge is 2.15. The molecule has 1 aliphatic rings. The summed E-state index contributed by atoms with van der Waals surface area (Å²) in [5.74, 6) is 1.87. The summed E-state index contributed by atoms with van der Waals surface area (Å²) in [6.07, 6.45) is 2.73. The first kappa shape index (κ1) is 20.8. The lowest BCUT2D eigenvalue weighted by molar-refractivity contribution is 0.0954. The molecular formula is C24H21BrClNO3. The predicted octanol–water partition coefficient (Wildman–Crippen LogP) is 6.19. The molecule has 154 valence electrons. The van der Waals surface area contributed by atoms with Gasteiger partial charge in [-0.05, 0) is 72.9 Å². The average Bonchev–Trinajstić information content (AvgIpc) is 2.76. The second kappa shape index (κ2) is 9.54. The number of ether oxygens (including phenoxy) is 2. The summed E-state index contributed by atoms with van der Waals surface area (Å²) in [5.41, 5.74) is 2.86. The van der Waals surface area contributed by atoms with Crippen LogP contribution < -0.4 is 14.8 Å². The van der Waals surface area contributed by atoms with Crippen LogP contribution in [0.15, 0.2) is 65.1 Å². The van der Waals surface area contributed by atoms with E-state index >= 15 is 0 Å². The molecule has 4 rings (SSSR count). The van der Waals surface area contributed by atoms with Crippen LogP contribution in [0, 0.1) is 0 Å². The van der Waals surface area contributed by atoms with Crippen LogP contribution in [0.25, 0.3) is 0 Å². The van der Waals surface area contributed by atoms with Crippen molar-refractivity contribution in [2.75, 3.05) is 13.2 Å². The molecule has 4 nitrogen and oxygen atoms in total. The van der Waals surface area contributed by atoms with Crippen molar-refractivity contribution in [3.63, 3.8) is 0 Å². The molecule has 0 aromatic heterocycles. The smallest absolute Gasteiger partial charge is 0.251 e. The van der Waals surface area contributed by atoms with Gasteiger partial charge < -0.3 is 14.8 Å². The van der Waals surface area contributed by atoms with E-state index in [0.29, 0.717) is 35.2 Å². The van der Waals surface area contributed by atoms with Gasteiger partial charge in [-0.3, -0.25) is 4.79 Å². The van der Waals surface area contributed by atoms with Crippen LogP contribution in [0.5, 0.6) is 17.2 Å². The highest BCUT2D eigenvalue weighted by Crippen LogP contribution is 2.37. The van der Waals surface area contributed by atoms with Crippen molar-refractivity contribution in [2.24, 2.45) is 0 Å². The summed E-state index contributed by atoms with van der Waals surface area (Å²) < 4.78 is 12.6. The van der Waals surface area contributed by atoms with E-state index in [1.54, 1.807) is 24.3 Å². The summed E-state index contributed by atoms with van der Waals surface area (Å²) in [4.78, 5) is 12.4. The van der Waals surface area contributed by atoms with Crippen LogP contribution in [0.1, 0.15) is 27.9 Å². The van der Waals surface area contributed by atoms with Gasteiger partial charge >= 0.3 is 0 Å². The van der Waals surface area contributed by atoms with Gasteiger partial charge in [0.2, 0.25) is 0 Å². The average molecular weight is 487 g/mol. The maximum atomic E-state index is 12.4. The highest BCUT2D eigenvalue weighted by atomic mass is 79.9. The maximum Gasteiger partial charge on any atom is 0.251 e. The minimum absolute atomic E-state index is 0.112. The molecule has 0 unspecified atom stereocenters. The number of hydrogen-bond donors (Lipinski definition) is 1. The second-order valence-corrected chi connectivity index (χ2v) is 8.42. The lowest BCUT2D eigenvalue weighted by Crippen LogP contribution is -2.25. The molecule has 0 radical (unpaired) electrons. The lowest BCUT2D eigenvalue weighted by atomic mass is 10.1. The Hall–Kier alpha value is -2.50. The molecule has 0 fully saturated rings. The van der Waals surface area contributed by atoms with Gasteiger partial charge in [0.15, 0.2) is 0 Å². The molecular weight excluding hydrogens is 466 g/mol. The van der Waals surface area contributed by atoms with Crippen molar-refractivity contribution in [1.29, 1.82) is 0 Å². The van der Waals surface area contributed by atoms with Crippen LogP contribution >= 0.6 is 27.5 Å². The van der Waals surface area contributed by atoms with Crippen LogP contribution in [0.4, 0.5) is 0 Å². The molecule has 3 aromatic rings. The number of carbonyl (C=O) groups excluding carboxylic acids is 1. The zero-order chi connectivity index (χ0) is 20.9. The number of halogens is 2. The zero-order valence-electron chi connectivity index (χ0n) is 16.3. The van der Waals surface area contributed by atoms with E-state index in [-0.39, 0.29) is 5.91 Å². The first-order valence-electron chi connectivity index (χ1n) is 9.84. The van der Waals surface area contributed by atoms with Crippen molar-refractivity contribution >= 4 is 33.4 Å². The van der Waals surface area contributed by atoms with Crippen molar-refractivity contribution in [1.82, 2.24) is 5.32 Å². The Kier molecular flexibility index (Phi) is 6.60. The molecule has 1 N–H and O–H groups in total. The molecule has 0 spiro atoms. The normalized spacial score (nSPS) is 12.6. The summed E-state index contributed by atoms with van der Waals surface area (Å²) in [5, 5.41) is 3.50. The second-order valence-electron chi connectivity index (χ2n) is 7.10. The van der Waals surface area contributed by atoms with E-state index in [9.17, 15) is 4.79 Å². The van der Waals surface area contributed by atoms with Crippen LogP contribution in [0.3, 0.4) is 0 Å². The number of benzene rings is 3.